The van der Waals surface area contributed by atoms with E-state index in [4.69, 9.17) is 0 Å². The van der Waals surface area contributed by atoms with Gasteiger partial charge in [0.1, 0.15) is 6.33 Å². The predicted octanol–water partition coefficient (Wildman–Crippen LogP) is 0.618. The lowest BCUT2D eigenvalue weighted by Crippen LogP contribution is -2.35. The number of carbonyl (C=O) groups excluding carboxylic acids is 1. The van der Waals surface area contributed by atoms with Gasteiger partial charge in [-0.1, -0.05) is 13.8 Å². The lowest BCUT2D eigenvalue weighted by Gasteiger charge is -2.17. The van der Waals surface area contributed by atoms with Crippen molar-refractivity contribution in [3.05, 3.63) is 6.33 Å². The van der Waals surface area contributed by atoms with Crippen LogP contribution < -0.4 is 0 Å². The fourth-order valence-electron chi connectivity index (χ4n) is 1.78. The number of sulfonamides is 1. The molecule has 0 fully saturated rings. The summed E-state index contributed by atoms with van der Waals surface area (Å²) in [5.74, 6) is 0. The highest BCUT2D eigenvalue weighted by atomic mass is 32.2. The van der Waals surface area contributed by atoms with E-state index >= 15 is 0 Å². The molecule has 1 aromatic rings. The van der Waals surface area contributed by atoms with Crippen molar-refractivity contribution in [3.63, 3.8) is 0 Å². The first-order valence-corrected chi connectivity index (χ1v) is 8.07. The minimum atomic E-state index is -3.73. The van der Waals surface area contributed by atoms with Gasteiger partial charge in [0.15, 0.2) is 0 Å². The molecule has 0 atom stereocenters. The van der Waals surface area contributed by atoms with E-state index in [1.54, 1.807) is 13.8 Å². The third-order valence-electron chi connectivity index (χ3n) is 2.98. The van der Waals surface area contributed by atoms with Crippen molar-refractivity contribution in [2.75, 3.05) is 26.2 Å². The fraction of sp³-hybridized carbons (Fsp3) is 0.727. The number of rotatable bonds is 6. The molecule has 1 heterocycles. The lowest BCUT2D eigenvalue weighted by atomic mass is 10.5. The van der Waals surface area contributed by atoms with Gasteiger partial charge < -0.3 is 4.90 Å². The van der Waals surface area contributed by atoms with E-state index < -0.39 is 10.0 Å². The molecule has 0 aliphatic carbocycles. The average molecular weight is 303 g/mol. The quantitative estimate of drug-likeness (QED) is 0.768. The maximum atomic E-state index is 12.2. The summed E-state index contributed by atoms with van der Waals surface area (Å²) in [6.45, 7) is 8.85. The van der Waals surface area contributed by atoms with Crippen molar-refractivity contribution in [2.24, 2.45) is 0 Å². The molecule has 114 valence electrons. The van der Waals surface area contributed by atoms with Crippen LogP contribution in [0.25, 0.3) is 0 Å². The summed E-state index contributed by atoms with van der Waals surface area (Å²) in [6.07, 6.45) is 1.14. The number of aromatic nitrogens is 3. The van der Waals surface area contributed by atoms with Gasteiger partial charge in [0, 0.05) is 26.2 Å². The van der Waals surface area contributed by atoms with Crippen LogP contribution in [0.15, 0.2) is 11.5 Å². The Morgan fingerprint density at radius 2 is 1.70 bits per heavy atom. The second-order valence-electron chi connectivity index (χ2n) is 4.02. The summed E-state index contributed by atoms with van der Waals surface area (Å²) in [5, 5.41) is 3.45. The number of amides is 1. The van der Waals surface area contributed by atoms with Crippen LogP contribution in [0, 0.1) is 0 Å². The molecule has 0 spiro atoms. The monoisotopic (exact) mass is 303 g/mol. The van der Waals surface area contributed by atoms with Gasteiger partial charge in [-0.3, -0.25) is 0 Å². The summed E-state index contributed by atoms with van der Waals surface area (Å²) in [7, 11) is -3.73. The third kappa shape index (κ3) is 3.15. The minimum Gasteiger partial charge on any atom is -0.323 e. The van der Waals surface area contributed by atoms with Crippen molar-refractivity contribution in [1.82, 2.24) is 24.0 Å². The summed E-state index contributed by atoms with van der Waals surface area (Å²) in [6, 6.07) is -0.386. The van der Waals surface area contributed by atoms with E-state index in [0.717, 1.165) is 11.0 Å². The Labute approximate surface area is 119 Å². The number of nitrogens with zero attached hydrogens (tertiary/aromatic N) is 5. The Morgan fingerprint density at radius 1 is 1.15 bits per heavy atom. The molecule has 0 saturated carbocycles. The van der Waals surface area contributed by atoms with E-state index in [-0.39, 0.29) is 11.2 Å². The second-order valence-corrected chi connectivity index (χ2v) is 5.85. The van der Waals surface area contributed by atoms with Crippen LogP contribution >= 0.6 is 0 Å². The first kappa shape index (κ1) is 16.6. The molecule has 1 aromatic heterocycles. The molecule has 0 aliphatic rings. The van der Waals surface area contributed by atoms with Gasteiger partial charge in [-0.25, -0.2) is 18.2 Å². The van der Waals surface area contributed by atoms with Crippen molar-refractivity contribution in [2.45, 2.75) is 32.9 Å². The first-order chi connectivity index (χ1) is 9.42. The normalized spacial score (nSPS) is 11.8. The summed E-state index contributed by atoms with van der Waals surface area (Å²) in [4.78, 5) is 17.3. The zero-order chi connectivity index (χ0) is 15.3. The first-order valence-electron chi connectivity index (χ1n) is 6.63. The SMILES string of the molecule is CCN(CC)C(=O)n1cnc(S(=O)(=O)N(CC)CC)n1. The Morgan fingerprint density at radius 3 is 2.15 bits per heavy atom. The molecule has 0 saturated heterocycles. The van der Waals surface area contributed by atoms with Crippen molar-refractivity contribution in [3.8, 4) is 0 Å². The van der Waals surface area contributed by atoms with Crippen LogP contribution in [0.4, 0.5) is 4.79 Å². The topological polar surface area (TPSA) is 88.4 Å². The van der Waals surface area contributed by atoms with E-state index in [1.165, 1.54) is 9.21 Å². The highest BCUT2D eigenvalue weighted by molar-refractivity contribution is 7.88. The van der Waals surface area contributed by atoms with E-state index in [2.05, 4.69) is 10.1 Å². The standard InChI is InChI=1S/C11H21N5O3S/c1-5-14(6-2)11(17)16-9-12-10(13-16)20(18,19)15(7-3)8-4/h9H,5-8H2,1-4H3. The second kappa shape index (κ2) is 6.80. The van der Waals surface area contributed by atoms with E-state index in [1.807, 2.05) is 13.8 Å². The highest BCUT2D eigenvalue weighted by Gasteiger charge is 2.27. The molecule has 1 rings (SSSR count). The molecular formula is C11H21N5O3S. The van der Waals surface area contributed by atoms with Gasteiger partial charge in [0.2, 0.25) is 0 Å². The molecule has 0 radical (unpaired) electrons. The van der Waals surface area contributed by atoms with Crippen LogP contribution in [0.1, 0.15) is 27.7 Å². The lowest BCUT2D eigenvalue weighted by molar-refractivity contribution is 0.201. The molecule has 1 amide bonds. The van der Waals surface area contributed by atoms with Crippen molar-refractivity contribution < 1.29 is 13.2 Å². The van der Waals surface area contributed by atoms with Crippen LogP contribution in [-0.4, -0.2) is 64.6 Å². The number of hydrogen-bond donors (Lipinski definition) is 0. The maximum absolute atomic E-state index is 12.2. The van der Waals surface area contributed by atoms with E-state index in [0.29, 0.717) is 26.2 Å². The minimum absolute atomic E-state index is 0.331. The summed E-state index contributed by atoms with van der Waals surface area (Å²) in [5.41, 5.74) is 0. The van der Waals surface area contributed by atoms with Gasteiger partial charge in [0.25, 0.3) is 15.2 Å². The van der Waals surface area contributed by atoms with Crippen LogP contribution in [0.2, 0.25) is 0 Å². The molecule has 0 aliphatic heterocycles. The van der Waals surface area contributed by atoms with Gasteiger partial charge in [-0.2, -0.15) is 8.99 Å². The molecule has 0 aromatic carbocycles. The Balaban J connectivity index is 3.06. The van der Waals surface area contributed by atoms with Gasteiger partial charge in [-0.15, -0.1) is 5.10 Å². The fourth-order valence-corrected chi connectivity index (χ4v) is 3.06. The van der Waals surface area contributed by atoms with Crippen molar-refractivity contribution >= 4 is 16.1 Å². The molecule has 8 nitrogen and oxygen atoms in total. The molecule has 0 unspecified atom stereocenters. The van der Waals surface area contributed by atoms with Gasteiger partial charge >= 0.3 is 6.03 Å². The zero-order valence-corrected chi connectivity index (χ0v) is 13.1. The predicted molar refractivity (Wildman–Crippen MR) is 73.8 cm³/mol. The Kier molecular flexibility index (Phi) is 5.63. The zero-order valence-electron chi connectivity index (χ0n) is 12.3. The van der Waals surface area contributed by atoms with Crippen LogP contribution in [0.3, 0.4) is 0 Å². The Bertz CT molecular complexity index is 546. The molecular weight excluding hydrogens is 282 g/mol. The summed E-state index contributed by atoms with van der Waals surface area (Å²) >= 11 is 0. The maximum Gasteiger partial charge on any atom is 0.346 e. The number of carbonyl (C=O) groups is 1. The van der Waals surface area contributed by atoms with Gasteiger partial charge in [0.05, 0.1) is 0 Å². The van der Waals surface area contributed by atoms with Crippen molar-refractivity contribution in [1.29, 1.82) is 0 Å². The number of hydrogen-bond acceptors (Lipinski definition) is 5. The summed E-state index contributed by atoms with van der Waals surface area (Å²) < 4.78 is 26.6. The highest BCUT2D eigenvalue weighted by Crippen LogP contribution is 2.10. The largest absolute Gasteiger partial charge is 0.346 e. The molecule has 9 heteroatoms. The molecule has 20 heavy (non-hydrogen) atoms. The van der Waals surface area contributed by atoms with Crippen LogP contribution in [0.5, 0.6) is 0 Å². The third-order valence-corrected chi connectivity index (χ3v) is 4.82. The smallest absolute Gasteiger partial charge is 0.323 e. The molecule has 0 bridgehead atoms. The average Bonchev–Trinajstić information content (AvgIpc) is 2.91. The van der Waals surface area contributed by atoms with E-state index in [9.17, 15) is 13.2 Å². The van der Waals surface area contributed by atoms with Crippen LogP contribution in [-0.2, 0) is 10.0 Å². The Hall–Kier alpha value is -1.48. The molecule has 0 N–H and O–H groups in total. The van der Waals surface area contributed by atoms with Gasteiger partial charge in [-0.05, 0) is 13.8 Å².